The van der Waals surface area contributed by atoms with Crippen molar-refractivity contribution < 1.29 is 42.2 Å². The topological polar surface area (TPSA) is 136 Å². The molecule has 4 N–H and O–H groups in total. The summed E-state index contributed by atoms with van der Waals surface area (Å²) in [5.74, 6) is -3.52. The van der Waals surface area contributed by atoms with Crippen LogP contribution in [0.2, 0.25) is 0 Å². The molecule has 2 aromatic rings. The number of carboxylic acids is 1. The lowest BCUT2D eigenvalue weighted by Crippen LogP contribution is -2.29. The molecule has 0 unspecified atom stereocenters. The second kappa shape index (κ2) is 10.7. The third-order valence-electron chi connectivity index (χ3n) is 4.45. The van der Waals surface area contributed by atoms with Gasteiger partial charge in [0.1, 0.15) is 6.04 Å². The van der Waals surface area contributed by atoms with E-state index >= 15 is 0 Å². The van der Waals surface area contributed by atoms with E-state index in [1.807, 2.05) is 0 Å². The van der Waals surface area contributed by atoms with Gasteiger partial charge in [0, 0.05) is 28.9 Å². The molecule has 2 aromatic carbocycles. The number of hydrogen-bond acceptors (Lipinski definition) is 7. The fourth-order valence-electron chi connectivity index (χ4n) is 2.89. The van der Waals surface area contributed by atoms with Crippen LogP contribution >= 0.6 is 0 Å². The summed E-state index contributed by atoms with van der Waals surface area (Å²) in [5.41, 5.74) is 7.68. The lowest BCUT2D eigenvalue weighted by Gasteiger charge is -2.20. The number of ether oxygens (including phenoxy) is 1. The predicted octanol–water partition coefficient (Wildman–Crippen LogP) is 2.79. The third-order valence-corrected chi connectivity index (χ3v) is 4.45. The molecule has 3 rings (SSSR count). The first-order valence-corrected chi connectivity index (χ1v) is 9.72. The van der Waals surface area contributed by atoms with Crippen LogP contribution in [0.5, 0.6) is 0 Å². The standard InChI is InChI=1S/C20H20N2O4.C2HF3O2/c1-12(21)20(25)26-11-5-10-22-16-9-4-8-15-17(16)19(24)14-7-3-2-6-13(14)18(15)23;3-2(4,5)1(6)7/h2-4,6-9,12,22H,5,10-11,21H2,1H3;(H,6,7)/t12-;/m1./s1. The summed E-state index contributed by atoms with van der Waals surface area (Å²) in [6.07, 6.45) is -4.53. The van der Waals surface area contributed by atoms with Gasteiger partial charge in [0.15, 0.2) is 11.6 Å². The average Bonchev–Trinajstić information content (AvgIpc) is 2.76. The summed E-state index contributed by atoms with van der Waals surface area (Å²) in [5, 5.41) is 10.3. The van der Waals surface area contributed by atoms with Crippen LogP contribution in [0, 0.1) is 0 Å². The Bertz CT molecular complexity index is 1070. The van der Waals surface area contributed by atoms with Crippen molar-refractivity contribution in [1.82, 2.24) is 0 Å². The van der Waals surface area contributed by atoms with Crippen LogP contribution in [-0.2, 0) is 14.3 Å². The predicted molar refractivity (Wildman–Crippen MR) is 111 cm³/mol. The molecule has 0 heterocycles. The molecule has 8 nitrogen and oxygen atoms in total. The number of rotatable bonds is 6. The first-order valence-electron chi connectivity index (χ1n) is 9.72. The van der Waals surface area contributed by atoms with Crippen molar-refractivity contribution in [3.8, 4) is 0 Å². The number of benzene rings is 2. The monoisotopic (exact) mass is 466 g/mol. The zero-order valence-corrected chi connectivity index (χ0v) is 17.4. The summed E-state index contributed by atoms with van der Waals surface area (Å²) in [6.45, 7) is 2.29. The molecule has 33 heavy (non-hydrogen) atoms. The lowest BCUT2D eigenvalue weighted by atomic mass is 9.83. The van der Waals surface area contributed by atoms with Crippen LogP contribution in [0.25, 0.3) is 0 Å². The number of carbonyl (C=O) groups excluding carboxylic acids is 3. The SMILES string of the molecule is C[C@@H](N)C(=O)OCCCNc1cccc2c1C(=O)c1ccccc1C2=O.O=C(O)C(F)(F)F. The van der Waals surface area contributed by atoms with Gasteiger partial charge in [-0.1, -0.05) is 36.4 Å². The highest BCUT2D eigenvalue weighted by Crippen LogP contribution is 2.31. The van der Waals surface area contributed by atoms with Crippen molar-refractivity contribution in [2.45, 2.75) is 25.6 Å². The fourth-order valence-corrected chi connectivity index (χ4v) is 2.89. The van der Waals surface area contributed by atoms with Gasteiger partial charge in [-0.3, -0.25) is 14.4 Å². The minimum atomic E-state index is -5.08. The third kappa shape index (κ3) is 6.39. The van der Waals surface area contributed by atoms with Crippen molar-refractivity contribution in [2.24, 2.45) is 5.73 Å². The molecule has 0 bridgehead atoms. The van der Waals surface area contributed by atoms with Crippen molar-refractivity contribution in [3.05, 3.63) is 64.7 Å². The van der Waals surface area contributed by atoms with Crippen LogP contribution in [-0.4, -0.2) is 54.0 Å². The number of nitrogens with one attached hydrogen (secondary N) is 1. The smallest absolute Gasteiger partial charge is 0.475 e. The quantitative estimate of drug-likeness (QED) is 0.373. The molecule has 0 fully saturated rings. The van der Waals surface area contributed by atoms with E-state index in [4.69, 9.17) is 20.4 Å². The van der Waals surface area contributed by atoms with Crippen LogP contribution in [0.4, 0.5) is 18.9 Å². The van der Waals surface area contributed by atoms with Gasteiger partial charge in [-0.15, -0.1) is 0 Å². The second-order valence-electron chi connectivity index (χ2n) is 6.97. The Morgan fingerprint density at radius 1 is 1.03 bits per heavy atom. The number of alkyl halides is 3. The molecular formula is C22H21F3N2O6. The molecule has 0 aliphatic heterocycles. The van der Waals surface area contributed by atoms with Gasteiger partial charge in [0.05, 0.1) is 12.2 Å². The van der Waals surface area contributed by atoms with Crippen LogP contribution in [0.15, 0.2) is 42.5 Å². The molecule has 1 aliphatic carbocycles. The van der Waals surface area contributed by atoms with E-state index < -0.39 is 24.2 Å². The minimum absolute atomic E-state index is 0.148. The zero-order chi connectivity index (χ0) is 24.8. The van der Waals surface area contributed by atoms with E-state index in [0.717, 1.165) is 0 Å². The van der Waals surface area contributed by atoms with Crippen molar-refractivity contribution in [2.75, 3.05) is 18.5 Å². The number of ketones is 2. The Morgan fingerprint density at radius 3 is 2.12 bits per heavy atom. The second-order valence-corrected chi connectivity index (χ2v) is 6.97. The number of hydrogen-bond donors (Lipinski definition) is 3. The number of anilines is 1. The first-order chi connectivity index (χ1) is 15.4. The van der Waals surface area contributed by atoms with Gasteiger partial charge in [-0.25, -0.2) is 4.79 Å². The maximum Gasteiger partial charge on any atom is 0.490 e. The molecule has 0 amide bonds. The highest BCUT2D eigenvalue weighted by Gasteiger charge is 2.38. The summed E-state index contributed by atoms with van der Waals surface area (Å²) < 4.78 is 36.7. The molecule has 1 atom stereocenters. The van der Waals surface area contributed by atoms with E-state index in [1.54, 1.807) is 49.4 Å². The number of aliphatic carboxylic acids is 1. The van der Waals surface area contributed by atoms with Crippen LogP contribution in [0.1, 0.15) is 45.2 Å². The molecule has 176 valence electrons. The van der Waals surface area contributed by atoms with Gasteiger partial charge in [-0.2, -0.15) is 13.2 Å². The van der Waals surface area contributed by atoms with Crippen LogP contribution < -0.4 is 11.1 Å². The number of esters is 1. The van der Waals surface area contributed by atoms with E-state index in [0.29, 0.717) is 40.9 Å². The number of fused-ring (bicyclic) bond motifs is 2. The first kappa shape index (κ1) is 25.5. The normalized spacial score (nSPS) is 13.1. The number of carboxylic acid groups (broad SMARTS) is 1. The molecule has 0 saturated carbocycles. The Labute approximate surface area is 186 Å². The Kier molecular flexibility index (Phi) is 8.30. The average molecular weight is 466 g/mol. The fraction of sp³-hybridized carbons (Fsp3) is 0.273. The molecular weight excluding hydrogens is 445 g/mol. The summed E-state index contributed by atoms with van der Waals surface area (Å²) in [4.78, 5) is 45.7. The molecule has 0 radical (unpaired) electrons. The van der Waals surface area contributed by atoms with Crippen molar-refractivity contribution in [1.29, 1.82) is 0 Å². The van der Waals surface area contributed by atoms with Gasteiger partial charge in [-0.05, 0) is 19.4 Å². The summed E-state index contributed by atoms with van der Waals surface area (Å²) in [7, 11) is 0. The van der Waals surface area contributed by atoms with Crippen molar-refractivity contribution >= 4 is 29.2 Å². The number of halogens is 3. The highest BCUT2D eigenvalue weighted by atomic mass is 19.4. The van der Waals surface area contributed by atoms with E-state index in [9.17, 15) is 27.6 Å². The Balaban J connectivity index is 0.000000479. The maximum absolute atomic E-state index is 12.9. The summed E-state index contributed by atoms with van der Waals surface area (Å²) >= 11 is 0. The molecule has 0 saturated heterocycles. The Hall–Kier alpha value is -3.73. The minimum Gasteiger partial charge on any atom is -0.475 e. The van der Waals surface area contributed by atoms with Gasteiger partial charge < -0.3 is 20.9 Å². The van der Waals surface area contributed by atoms with Crippen molar-refractivity contribution in [3.63, 3.8) is 0 Å². The molecule has 11 heteroatoms. The largest absolute Gasteiger partial charge is 0.490 e. The van der Waals surface area contributed by atoms with E-state index in [2.05, 4.69) is 5.32 Å². The van der Waals surface area contributed by atoms with Gasteiger partial charge in [0.2, 0.25) is 0 Å². The highest BCUT2D eigenvalue weighted by molar-refractivity contribution is 6.30. The summed E-state index contributed by atoms with van der Waals surface area (Å²) in [6, 6.07) is 11.4. The van der Waals surface area contributed by atoms with E-state index in [1.165, 1.54) is 0 Å². The molecule has 0 aromatic heterocycles. The lowest BCUT2D eigenvalue weighted by molar-refractivity contribution is -0.192. The van der Waals surface area contributed by atoms with Gasteiger partial charge in [0.25, 0.3) is 0 Å². The number of carbonyl (C=O) groups is 4. The van der Waals surface area contributed by atoms with E-state index in [-0.39, 0.29) is 18.2 Å². The Morgan fingerprint density at radius 2 is 1.58 bits per heavy atom. The molecule has 0 spiro atoms. The maximum atomic E-state index is 12.9. The van der Waals surface area contributed by atoms with Gasteiger partial charge >= 0.3 is 18.1 Å². The zero-order valence-electron chi connectivity index (χ0n) is 17.4. The van der Waals surface area contributed by atoms with Crippen LogP contribution in [0.3, 0.4) is 0 Å². The molecule has 1 aliphatic rings. The number of nitrogens with two attached hydrogens (primary N) is 1.